The van der Waals surface area contributed by atoms with Gasteiger partial charge in [-0.3, -0.25) is 9.52 Å². The van der Waals surface area contributed by atoms with Gasteiger partial charge in [-0.15, -0.1) is 0 Å². The maximum Gasteiger partial charge on any atom is 0.261 e. The summed E-state index contributed by atoms with van der Waals surface area (Å²) in [6.07, 6.45) is 0.895. The van der Waals surface area contributed by atoms with Crippen LogP contribution in [0.25, 0.3) is 0 Å². The Balaban J connectivity index is 1.72. The highest BCUT2D eigenvalue weighted by atomic mass is 32.2. The van der Waals surface area contributed by atoms with E-state index in [1.54, 1.807) is 29.2 Å². The Morgan fingerprint density at radius 1 is 1.04 bits per heavy atom. The fraction of sp³-hybridized carbons (Fsp3) is 0.316. The number of sulfonamides is 1. The molecule has 0 spiro atoms. The molecular formula is C19H22N2O4S. The van der Waals surface area contributed by atoms with E-state index in [4.69, 9.17) is 4.74 Å². The van der Waals surface area contributed by atoms with Crippen molar-refractivity contribution in [2.24, 2.45) is 0 Å². The molecule has 0 aromatic heterocycles. The number of amides is 1. The van der Waals surface area contributed by atoms with Gasteiger partial charge < -0.3 is 9.64 Å². The Bertz CT molecular complexity index is 855. The number of nitrogens with zero attached hydrogens (tertiary/aromatic N) is 1. The molecule has 1 aliphatic rings. The van der Waals surface area contributed by atoms with Gasteiger partial charge >= 0.3 is 0 Å². The summed E-state index contributed by atoms with van der Waals surface area (Å²) in [6, 6.07) is 13.3. The molecule has 1 N–H and O–H groups in total. The number of benzene rings is 2. The zero-order chi connectivity index (χ0) is 18.6. The van der Waals surface area contributed by atoms with Crippen LogP contribution in [0.15, 0.2) is 53.4 Å². The summed E-state index contributed by atoms with van der Waals surface area (Å²) in [6.45, 7) is 4.19. The quantitative estimate of drug-likeness (QED) is 0.873. The number of carbonyl (C=O) groups is 1. The minimum atomic E-state index is -3.70. The first-order chi connectivity index (χ1) is 12.5. The van der Waals surface area contributed by atoms with Crippen LogP contribution in [0.4, 0.5) is 5.69 Å². The molecule has 2 aromatic rings. The van der Waals surface area contributed by atoms with Gasteiger partial charge in [-0.2, -0.15) is 0 Å². The number of aryl methyl sites for hydroxylation is 1. The Morgan fingerprint density at radius 2 is 1.65 bits per heavy atom. The summed E-state index contributed by atoms with van der Waals surface area (Å²) in [5.74, 6) is -0.111. The lowest BCUT2D eigenvalue weighted by molar-refractivity contribution is 0.0303. The van der Waals surface area contributed by atoms with Crippen molar-refractivity contribution in [3.05, 3.63) is 59.7 Å². The number of morpholine rings is 1. The fourth-order valence-corrected chi connectivity index (χ4v) is 3.81. The van der Waals surface area contributed by atoms with Crippen molar-refractivity contribution in [3.8, 4) is 0 Å². The van der Waals surface area contributed by atoms with Crippen molar-refractivity contribution >= 4 is 21.6 Å². The molecular weight excluding hydrogens is 352 g/mol. The number of nitrogens with one attached hydrogen (secondary N) is 1. The lowest BCUT2D eigenvalue weighted by atomic mass is 10.2. The molecule has 0 atom stereocenters. The summed E-state index contributed by atoms with van der Waals surface area (Å²) in [5, 5.41) is 0. The lowest BCUT2D eigenvalue weighted by Crippen LogP contribution is -2.40. The first kappa shape index (κ1) is 18.4. The maximum absolute atomic E-state index is 12.5. The highest BCUT2D eigenvalue weighted by Gasteiger charge is 2.20. The van der Waals surface area contributed by atoms with Crippen LogP contribution in [-0.4, -0.2) is 45.5 Å². The molecule has 2 aromatic carbocycles. The minimum absolute atomic E-state index is 0.111. The third-order valence-electron chi connectivity index (χ3n) is 4.32. The van der Waals surface area contributed by atoms with Gasteiger partial charge in [0.1, 0.15) is 0 Å². The third kappa shape index (κ3) is 4.23. The molecule has 138 valence electrons. The predicted octanol–water partition coefficient (Wildman–Crippen LogP) is 2.52. The second kappa shape index (κ2) is 7.88. The third-order valence-corrected chi connectivity index (χ3v) is 5.72. The number of carbonyl (C=O) groups excluding carboxylic acids is 1. The molecule has 1 amide bonds. The number of hydrogen-bond acceptors (Lipinski definition) is 4. The molecule has 0 radical (unpaired) electrons. The summed E-state index contributed by atoms with van der Waals surface area (Å²) >= 11 is 0. The highest BCUT2D eigenvalue weighted by Crippen LogP contribution is 2.18. The smallest absolute Gasteiger partial charge is 0.261 e. The van der Waals surface area contributed by atoms with Crippen molar-refractivity contribution in [3.63, 3.8) is 0 Å². The number of anilines is 1. The molecule has 0 bridgehead atoms. The maximum atomic E-state index is 12.5. The Labute approximate surface area is 153 Å². The molecule has 26 heavy (non-hydrogen) atoms. The van der Waals surface area contributed by atoms with Crippen molar-refractivity contribution in [1.29, 1.82) is 0 Å². The Kier molecular flexibility index (Phi) is 5.58. The zero-order valence-electron chi connectivity index (χ0n) is 14.6. The van der Waals surface area contributed by atoms with Gasteiger partial charge in [0.05, 0.1) is 18.1 Å². The number of rotatable bonds is 5. The number of ether oxygens (including phenoxy) is 1. The molecule has 7 heteroatoms. The van der Waals surface area contributed by atoms with Gasteiger partial charge in [0.2, 0.25) is 0 Å². The molecule has 1 fully saturated rings. The van der Waals surface area contributed by atoms with Gasteiger partial charge in [-0.1, -0.05) is 19.1 Å². The normalized spacial score (nSPS) is 14.9. The van der Waals surface area contributed by atoms with E-state index in [-0.39, 0.29) is 10.8 Å². The molecule has 0 saturated carbocycles. The van der Waals surface area contributed by atoms with Gasteiger partial charge in [0.15, 0.2) is 0 Å². The van der Waals surface area contributed by atoms with Crippen LogP contribution in [0.1, 0.15) is 22.8 Å². The van der Waals surface area contributed by atoms with Gasteiger partial charge in [-0.05, 0) is 48.4 Å². The fourth-order valence-electron chi connectivity index (χ4n) is 2.75. The van der Waals surface area contributed by atoms with E-state index in [9.17, 15) is 13.2 Å². The molecule has 1 aliphatic heterocycles. The zero-order valence-corrected chi connectivity index (χ0v) is 15.5. The van der Waals surface area contributed by atoms with Crippen molar-refractivity contribution in [2.45, 2.75) is 18.2 Å². The second-order valence-electron chi connectivity index (χ2n) is 6.08. The first-order valence-electron chi connectivity index (χ1n) is 8.58. The van der Waals surface area contributed by atoms with Crippen LogP contribution in [0, 0.1) is 0 Å². The monoisotopic (exact) mass is 374 g/mol. The summed E-state index contributed by atoms with van der Waals surface area (Å²) in [7, 11) is -3.70. The second-order valence-corrected chi connectivity index (χ2v) is 7.77. The van der Waals surface area contributed by atoms with Crippen molar-refractivity contribution in [1.82, 2.24) is 4.90 Å². The summed E-state index contributed by atoms with van der Waals surface area (Å²) in [5.41, 5.74) is 2.12. The Hall–Kier alpha value is -2.38. The van der Waals surface area contributed by atoms with E-state index in [0.29, 0.717) is 37.6 Å². The largest absolute Gasteiger partial charge is 0.378 e. The van der Waals surface area contributed by atoms with Crippen molar-refractivity contribution in [2.75, 3.05) is 31.0 Å². The molecule has 1 heterocycles. The van der Waals surface area contributed by atoms with Crippen molar-refractivity contribution < 1.29 is 17.9 Å². The van der Waals surface area contributed by atoms with Crippen LogP contribution in [0.5, 0.6) is 0 Å². The minimum Gasteiger partial charge on any atom is -0.378 e. The average Bonchev–Trinajstić information content (AvgIpc) is 2.68. The van der Waals surface area contributed by atoms with Gasteiger partial charge in [-0.25, -0.2) is 8.42 Å². The summed E-state index contributed by atoms with van der Waals surface area (Å²) < 4.78 is 32.8. The van der Waals surface area contributed by atoms with E-state index in [1.807, 2.05) is 19.1 Å². The SMILES string of the molecule is CCc1ccc(NS(=O)(=O)c2ccc(C(=O)N3CCOCC3)cc2)cc1. The lowest BCUT2D eigenvalue weighted by Gasteiger charge is -2.26. The van der Waals surface area contributed by atoms with Crippen LogP contribution in [0.2, 0.25) is 0 Å². The van der Waals surface area contributed by atoms with Gasteiger partial charge in [0, 0.05) is 24.3 Å². The van der Waals surface area contributed by atoms with Crippen LogP contribution >= 0.6 is 0 Å². The summed E-state index contributed by atoms with van der Waals surface area (Å²) in [4.78, 5) is 14.2. The van der Waals surface area contributed by atoms with E-state index in [2.05, 4.69) is 4.72 Å². The van der Waals surface area contributed by atoms with E-state index < -0.39 is 10.0 Å². The number of hydrogen-bond donors (Lipinski definition) is 1. The molecule has 6 nitrogen and oxygen atoms in total. The average molecular weight is 374 g/mol. The molecule has 0 unspecified atom stereocenters. The highest BCUT2D eigenvalue weighted by molar-refractivity contribution is 7.92. The predicted molar refractivity (Wildman–Crippen MR) is 99.8 cm³/mol. The van der Waals surface area contributed by atoms with E-state index >= 15 is 0 Å². The van der Waals surface area contributed by atoms with Crippen LogP contribution in [-0.2, 0) is 21.2 Å². The Morgan fingerprint density at radius 3 is 2.23 bits per heavy atom. The standard InChI is InChI=1S/C19H22N2O4S/c1-2-15-3-7-17(8-4-15)20-26(23,24)18-9-5-16(6-10-18)19(22)21-11-13-25-14-12-21/h3-10,20H,2,11-14H2,1H3. The first-order valence-corrected chi connectivity index (χ1v) is 10.1. The van der Waals surface area contributed by atoms with Crippen LogP contribution in [0.3, 0.4) is 0 Å². The molecule has 3 rings (SSSR count). The van der Waals surface area contributed by atoms with Gasteiger partial charge in [0.25, 0.3) is 15.9 Å². The van der Waals surface area contributed by atoms with E-state index in [1.165, 1.54) is 12.1 Å². The van der Waals surface area contributed by atoms with E-state index in [0.717, 1.165) is 12.0 Å². The van der Waals surface area contributed by atoms with Crippen LogP contribution < -0.4 is 4.72 Å². The molecule has 1 saturated heterocycles. The topological polar surface area (TPSA) is 75.7 Å². The molecule has 0 aliphatic carbocycles.